The molecule has 0 N–H and O–H groups in total. The molecule has 0 unspecified atom stereocenters. The monoisotopic (exact) mass is 623 g/mol. The minimum absolute atomic E-state index is 0.247. The van der Waals surface area contributed by atoms with Gasteiger partial charge in [-0.05, 0) is 88.0 Å². The van der Waals surface area contributed by atoms with Gasteiger partial charge in [0.15, 0.2) is 0 Å². The Kier molecular flexibility index (Phi) is 7.09. The quantitative estimate of drug-likeness (QED) is 0.169. The second-order valence-corrected chi connectivity index (χ2v) is 13.5. The molecule has 2 aromatic heterocycles. The number of benzene rings is 4. The molecule has 0 spiro atoms. The maximum absolute atomic E-state index is 7.74. The van der Waals surface area contributed by atoms with E-state index >= 15 is 0 Å². The van der Waals surface area contributed by atoms with E-state index in [0.717, 1.165) is 33.3 Å². The first-order valence-electron chi connectivity index (χ1n) is 18.1. The molecule has 0 bridgehead atoms. The first-order valence-corrected chi connectivity index (χ1v) is 16.6. The van der Waals surface area contributed by atoms with Crippen molar-refractivity contribution in [2.45, 2.75) is 59.3 Å². The predicted octanol–water partition coefficient (Wildman–Crippen LogP) is 11.2. The average Bonchev–Trinajstić information content (AvgIpc) is 3.72. The summed E-state index contributed by atoms with van der Waals surface area (Å²) in [5.74, 6) is 3.40. The first kappa shape index (κ1) is 27.1. The fourth-order valence-electron chi connectivity index (χ4n) is 6.69. The zero-order valence-corrected chi connectivity index (χ0v) is 28.0. The number of nitrogens with zero attached hydrogens (tertiary/aromatic N) is 4. The minimum atomic E-state index is -2.19. The highest BCUT2D eigenvalue weighted by molar-refractivity contribution is 6.09. The molecule has 6 aromatic rings. The molecule has 1 aliphatic heterocycles. The van der Waals surface area contributed by atoms with E-state index in [-0.39, 0.29) is 6.67 Å². The van der Waals surface area contributed by atoms with Gasteiger partial charge in [0.25, 0.3) is 0 Å². The summed E-state index contributed by atoms with van der Waals surface area (Å²) in [6.07, 6.45) is 5.32. The van der Waals surface area contributed by atoms with Crippen molar-refractivity contribution < 1.29 is 8.85 Å². The third-order valence-electron chi connectivity index (χ3n) is 9.16. The lowest BCUT2D eigenvalue weighted by Crippen LogP contribution is -2.21. The van der Waals surface area contributed by atoms with Crippen molar-refractivity contribution in [3.05, 3.63) is 126 Å². The van der Waals surface area contributed by atoms with Gasteiger partial charge in [-0.15, -0.1) is 0 Å². The largest absolute Gasteiger partial charge is 0.457 e. The molecular formula is C42H44N4O. The van der Waals surface area contributed by atoms with Crippen LogP contribution in [0, 0.1) is 0 Å². The third kappa shape index (κ3) is 5.76. The fourth-order valence-corrected chi connectivity index (χ4v) is 6.69. The number of hydrogen-bond donors (Lipinski definition) is 0. The molecule has 5 heteroatoms. The van der Waals surface area contributed by atoms with Crippen molar-refractivity contribution in [3.63, 3.8) is 0 Å². The van der Waals surface area contributed by atoms with Crippen LogP contribution in [0.1, 0.15) is 80.1 Å². The number of ether oxygens (including phenoxy) is 1. The molecule has 238 valence electrons. The van der Waals surface area contributed by atoms with Gasteiger partial charge in [0.2, 0.25) is 0 Å². The second kappa shape index (κ2) is 12.3. The summed E-state index contributed by atoms with van der Waals surface area (Å²) >= 11 is 0. The number of rotatable bonds is 8. The molecule has 0 saturated carbocycles. The van der Waals surface area contributed by atoms with E-state index in [1.54, 1.807) is 12.4 Å². The molecule has 0 atom stereocenters. The SMILES string of the molecule is [2H]C([2H])([2H])N1C=CN(c2cccc(Oc3ccc4c5ccccc5n(-c5cc(-c6c(C(C)C)cc(C(C)C)cc6C(C)C)ccn5)c4c3)c2)C1. The van der Waals surface area contributed by atoms with Crippen LogP contribution < -0.4 is 9.64 Å². The maximum Gasteiger partial charge on any atom is 0.138 e. The van der Waals surface area contributed by atoms with Crippen LogP contribution in [0.4, 0.5) is 5.69 Å². The molecule has 3 heterocycles. The number of fused-ring (bicyclic) bond motifs is 3. The predicted molar refractivity (Wildman–Crippen MR) is 197 cm³/mol. The van der Waals surface area contributed by atoms with Crippen molar-refractivity contribution in [1.82, 2.24) is 14.5 Å². The van der Waals surface area contributed by atoms with Crippen LogP contribution in [0.15, 0.2) is 110 Å². The Balaban J connectivity index is 1.31. The molecule has 7 rings (SSSR count). The summed E-state index contributed by atoms with van der Waals surface area (Å²) in [4.78, 5) is 8.19. The maximum atomic E-state index is 7.74. The molecule has 4 aromatic carbocycles. The minimum Gasteiger partial charge on any atom is -0.457 e. The van der Waals surface area contributed by atoms with Gasteiger partial charge in [-0.2, -0.15) is 0 Å². The molecule has 0 saturated heterocycles. The van der Waals surface area contributed by atoms with Gasteiger partial charge in [0.05, 0.1) is 17.7 Å². The van der Waals surface area contributed by atoms with Crippen molar-refractivity contribution in [2.24, 2.45) is 0 Å². The van der Waals surface area contributed by atoms with Gasteiger partial charge >= 0.3 is 0 Å². The van der Waals surface area contributed by atoms with Crippen molar-refractivity contribution in [2.75, 3.05) is 18.5 Å². The Hall–Kier alpha value is -5.03. The molecule has 47 heavy (non-hydrogen) atoms. The summed E-state index contributed by atoms with van der Waals surface area (Å²) in [5.41, 5.74) is 9.52. The van der Waals surface area contributed by atoms with Gasteiger partial charge < -0.3 is 14.5 Å². The third-order valence-corrected chi connectivity index (χ3v) is 9.16. The number of pyridine rings is 1. The van der Waals surface area contributed by atoms with Crippen LogP contribution in [-0.2, 0) is 0 Å². The van der Waals surface area contributed by atoms with Crippen LogP contribution in [0.5, 0.6) is 11.5 Å². The molecule has 0 aliphatic carbocycles. The van der Waals surface area contributed by atoms with Crippen molar-refractivity contribution in [1.29, 1.82) is 0 Å². The Morgan fingerprint density at radius 3 is 2.17 bits per heavy atom. The number of aromatic nitrogens is 2. The van der Waals surface area contributed by atoms with E-state index in [2.05, 4.69) is 107 Å². The van der Waals surface area contributed by atoms with E-state index in [9.17, 15) is 0 Å². The van der Waals surface area contributed by atoms with Crippen LogP contribution in [0.25, 0.3) is 38.8 Å². The lowest BCUT2D eigenvalue weighted by atomic mass is 9.82. The van der Waals surface area contributed by atoms with Gasteiger partial charge in [-0.1, -0.05) is 77.9 Å². The van der Waals surface area contributed by atoms with Crippen LogP contribution in [-0.4, -0.2) is 28.1 Å². The summed E-state index contributed by atoms with van der Waals surface area (Å²) in [5, 5.41) is 2.27. The lowest BCUT2D eigenvalue weighted by Gasteiger charge is -2.23. The smallest absolute Gasteiger partial charge is 0.138 e. The molecule has 0 amide bonds. The van der Waals surface area contributed by atoms with Gasteiger partial charge in [0.1, 0.15) is 17.3 Å². The van der Waals surface area contributed by atoms with Gasteiger partial charge in [-0.25, -0.2) is 4.98 Å². The Labute approximate surface area is 283 Å². The molecule has 5 nitrogen and oxygen atoms in total. The highest BCUT2D eigenvalue weighted by Gasteiger charge is 2.21. The van der Waals surface area contributed by atoms with Crippen molar-refractivity contribution in [3.8, 4) is 28.4 Å². The summed E-state index contributed by atoms with van der Waals surface area (Å²) in [7, 11) is 0. The van der Waals surface area contributed by atoms with E-state index < -0.39 is 6.98 Å². The first-order chi connectivity index (χ1) is 23.9. The average molecular weight is 624 g/mol. The second-order valence-electron chi connectivity index (χ2n) is 13.5. The van der Waals surface area contributed by atoms with E-state index in [0.29, 0.717) is 29.3 Å². The summed E-state index contributed by atoms with van der Waals surface area (Å²) < 4.78 is 31.9. The zero-order chi connectivity index (χ0) is 35.3. The normalized spacial score (nSPS) is 14.5. The number of para-hydroxylation sites is 1. The Morgan fingerprint density at radius 1 is 0.702 bits per heavy atom. The van der Waals surface area contributed by atoms with Crippen LogP contribution in [0.2, 0.25) is 0 Å². The van der Waals surface area contributed by atoms with E-state index in [1.807, 2.05) is 41.4 Å². The van der Waals surface area contributed by atoms with E-state index in [1.165, 1.54) is 32.7 Å². The fraction of sp³-hybridized carbons (Fsp3) is 0.262. The van der Waals surface area contributed by atoms with Gasteiger partial charge in [0, 0.05) is 58.3 Å². The number of hydrogen-bond acceptors (Lipinski definition) is 4. The zero-order valence-electron chi connectivity index (χ0n) is 31.0. The summed E-state index contributed by atoms with van der Waals surface area (Å²) in [6, 6.07) is 31.6. The molecular weight excluding hydrogens is 576 g/mol. The Bertz CT molecular complexity index is 2200. The summed E-state index contributed by atoms with van der Waals surface area (Å²) in [6.45, 7) is 11.7. The van der Waals surface area contributed by atoms with Crippen LogP contribution in [0.3, 0.4) is 0 Å². The highest BCUT2D eigenvalue weighted by atomic mass is 16.5. The number of anilines is 1. The highest BCUT2D eigenvalue weighted by Crippen LogP contribution is 2.41. The van der Waals surface area contributed by atoms with Crippen molar-refractivity contribution >= 4 is 27.5 Å². The standard InChI is InChI=1S/C42H44N4O/c1-27(2)31-21-37(28(3)4)42(38(22-31)29(5)6)30-17-18-43-41(23-30)46-39-14-9-8-13-35(39)36-16-15-34(25-40(36)46)47-33-12-10-11-32(24-33)45-20-19-44(7)26-45/h8-25,27-29H,26H2,1-7H3/i7D3. The molecule has 0 fully saturated rings. The van der Waals surface area contributed by atoms with E-state index in [4.69, 9.17) is 13.8 Å². The molecule has 0 radical (unpaired) electrons. The van der Waals surface area contributed by atoms with Gasteiger partial charge in [-0.3, -0.25) is 4.57 Å². The topological polar surface area (TPSA) is 33.5 Å². The van der Waals surface area contributed by atoms with Crippen LogP contribution >= 0.6 is 0 Å². The Morgan fingerprint density at radius 2 is 1.45 bits per heavy atom. The molecule has 1 aliphatic rings. The lowest BCUT2D eigenvalue weighted by molar-refractivity contribution is 0.481.